The summed E-state index contributed by atoms with van der Waals surface area (Å²) < 4.78 is 2.04. The van der Waals surface area contributed by atoms with Crippen LogP contribution in [0.5, 0.6) is 0 Å². The molecule has 0 amide bonds. The van der Waals surface area contributed by atoms with Crippen LogP contribution in [0.25, 0.3) is 0 Å². The normalized spacial score (nSPS) is 16.7. The van der Waals surface area contributed by atoms with E-state index in [1.165, 1.54) is 0 Å². The van der Waals surface area contributed by atoms with Gasteiger partial charge in [-0.15, -0.1) is 0 Å². The van der Waals surface area contributed by atoms with Gasteiger partial charge in [0.05, 0.1) is 24.1 Å². The first-order valence-electron chi connectivity index (χ1n) is 6.20. The summed E-state index contributed by atoms with van der Waals surface area (Å²) in [6.07, 6.45) is 11.1. The molecule has 1 aliphatic heterocycles. The number of piperidine rings is 1. The second kappa shape index (κ2) is 5.14. The molecule has 1 aliphatic rings. The molecule has 2 aromatic heterocycles. The summed E-state index contributed by atoms with van der Waals surface area (Å²) in [5.74, 6) is 0.738. The van der Waals surface area contributed by atoms with Gasteiger partial charge < -0.3 is 10.6 Å². The summed E-state index contributed by atoms with van der Waals surface area (Å²) in [6, 6.07) is 0.503. The molecule has 18 heavy (non-hydrogen) atoms. The van der Waals surface area contributed by atoms with E-state index in [0.29, 0.717) is 6.04 Å². The molecule has 0 atom stereocenters. The topological polar surface area (TPSA) is 67.7 Å². The second-order valence-electron chi connectivity index (χ2n) is 4.41. The minimum atomic E-state index is 0.503. The van der Waals surface area contributed by atoms with Gasteiger partial charge in [-0.1, -0.05) is 0 Å². The molecule has 2 N–H and O–H groups in total. The van der Waals surface area contributed by atoms with Crippen LogP contribution in [0.2, 0.25) is 0 Å². The summed E-state index contributed by atoms with van der Waals surface area (Å²) in [4.78, 5) is 8.19. The lowest BCUT2D eigenvalue weighted by atomic mass is 10.1. The third kappa shape index (κ3) is 2.48. The van der Waals surface area contributed by atoms with Crippen molar-refractivity contribution in [2.45, 2.75) is 18.9 Å². The highest BCUT2D eigenvalue weighted by molar-refractivity contribution is 5.52. The van der Waals surface area contributed by atoms with E-state index in [0.717, 1.165) is 37.4 Å². The predicted molar refractivity (Wildman–Crippen MR) is 68.7 cm³/mol. The van der Waals surface area contributed by atoms with Crippen molar-refractivity contribution in [2.75, 3.05) is 18.4 Å². The van der Waals surface area contributed by atoms with E-state index in [1.54, 1.807) is 18.6 Å². The van der Waals surface area contributed by atoms with Gasteiger partial charge in [0.1, 0.15) is 5.82 Å². The van der Waals surface area contributed by atoms with E-state index in [-0.39, 0.29) is 0 Å². The monoisotopic (exact) mass is 244 g/mol. The molecule has 94 valence electrons. The molecule has 0 saturated carbocycles. The molecule has 0 spiro atoms. The zero-order valence-corrected chi connectivity index (χ0v) is 10.1. The maximum atomic E-state index is 4.41. The third-order valence-corrected chi connectivity index (χ3v) is 3.12. The van der Waals surface area contributed by atoms with Gasteiger partial charge in [0.25, 0.3) is 0 Å². The molecule has 0 unspecified atom stereocenters. The van der Waals surface area contributed by atoms with E-state index in [9.17, 15) is 0 Å². The fourth-order valence-electron chi connectivity index (χ4n) is 2.19. The number of nitrogens with zero attached hydrogens (tertiary/aromatic N) is 4. The zero-order valence-electron chi connectivity index (χ0n) is 10.1. The Morgan fingerprint density at radius 2 is 2.11 bits per heavy atom. The van der Waals surface area contributed by atoms with Gasteiger partial charge in [-0.3, -0.25) is 9.67 Å². The summed E-state index contributed by atoms with van der Waals surface area (Å²) in [6.45, 7) is 2.13. The minimum absolute atomic E-state index is 0.503. The molecule has 6 heteroatoms. The zero-order chi connectivity index (χ0) is 12.2. The quantitative estimate of drug-likeness (QED) is 0.853. The van der Waals surface area contributed by atoms with Crippen LogP contribution in [-0.2, 0) is 0 Å². The smallest absolute Gasteiger partial charge is 0.148 e. The first-order chi connectivity index (χ1) is 8.92. The summed E-state index contributed by atoms with van der Waals surface area (Å²) >= 11 is 0. The summed E-state index contributed by atoms with van der Waals surface area (Å²) in [5, 5.41) is 11.0. The third-order valence-electron chi connectivity index (χ3n) is 3.12. The Kier molecular flexibility index (Phi) is 3.18. The van der Waals surface area contributed by atoms with Crippen LogP contribution < -0.4 is 10.6 Å². The predicted octanol–water partition coefficient (Wildman–Crippen LogP) is 1.34. The van der Waals surface area contributed by atoms with E-state index in [2.05, 4.69) is 25.7 Å². The molecule has 0 aliphatic carbocycles. The molecule has 3 rings (SSSR count). The van der Waals surface area contributed by atoms with E-state index >= 15 is 0 Å². The number of nitrogens with one attached hydrogen (secondary N) is 2. The maximum Gasteiger partial charge on any atom is 0.148 e. The van der Waals surface area contributed by atoms with Crippen LogP contribution >= 0.6 is 0 Å². The fourth-order valence-corrected chi connectivity index (χ4v) is 2.19. The molecule has 6 nitrogen and oxygen atoms in total. The van der Waals surface area contributed by atoms with Gasteiger partial charge in [-0.25, -0.2) is 4.98 Å². The van der Waals surface area contributed by atoms with Crippen LogP contribution in [0, 0.1) is 0 Å². The van der Waals surface area contributed by atoms with E-state index in [4.69, 9.17) is 0 Å². The average Bonchev–Trinajstić information content (AvgIpc) is 2.89. The Labute approximate surface area is 105 Å². The van der Waals surface area contributed by atoms with Gasteiger partial charge in [-0.2, -0.15) is 5.10 Å². The van der Waals surface area contributed by atoms with Crippen LogP contribution in [-0.4, -0.2) is 32.8 Å². The van der Waals surface area contributed by atoms with Crippen molar-refractivity contribution >= 4 is 11.5 Å². The van der Waals surface area contributed by atoms with E-state index in [1.807, 2.05) is 17.1 Å². The molecule has 0 bridgehead atoms. The van der Waals surface area contributed by atoms with Crippen molar-refractivity contribution in [2.24, 2.45) is 0 Å². The van der Waals surface area contributed by atoms with Crippen molar-refractivity contribution in [3.8, 4) is 0 Å². The molecular weight excluding hydrogens is 228 g/mol. The molecule has 2 aromatic rings. The standard InChI is InChI=1S/C12H16N6/c1-3-13-4-2-11(1)18-9-10(7-16-18)17-12-8-14-5-6-15-12/h5-9,11,13H,1-4H2,(H,15,17). The number of rotatable bonds is 3. The van der Waals surface area contributed by atoms with Crippen LogP contribution in [0.4, 0.5) is 11.5 Å². The van der Waals surface area contributed by atoms with Crippen molar-refractivity contribution in [1.82, 2.24) is 25.1 Å². The lowest BCUT2D eigenvalue weighted by Gasteiger charge is -2.22. The highest BCUT2D eigenvalue weighted by Gasteiger charge is 2.15. The van der Waals surface area contributed by atoms with Gasteiger partial charge in [0, 0.05) is 18.6 Å². The molecule has 1 fully saturated rings. The fraction of sp³-hybridized carbons (Fsp3) is 0.417. The minimum Gasteiger partial charge on any atom is -0.336 e. The Morgan fingerprint density at radius 1 is 1.22 bits per heavy atom. The van der Waals surface area contributed by atoms with Gasteiger partial charge in [-0.05, 0) is 25.9 Å². The van der Waals surface area contributed by atoms with Crippen molar-refractivity contribution in [3.63, 3.8) is 0 Å². The first-order valence-corrected chi connectivity index (χ1v) is 6.20. The average molecular weight is 244 g/mol. The van der Waals surface area contributed by atoms with Crippen molar-refractivity contribution < 1.29 is 0 Å². The van der Waals surface area contributed by atoms with Gasteiger partial charge in [0.15, 0.2) is 0 Å². The summed E-state index contributed by atoms with van der Waals surface area (Å²) in [5.41, 5.74) is 0.953. The lowest BCUT2D eigenvalue weighted by molar-refractivity contribution is 0.343. The van der Waals surface area contributed by atoms with Crippen LogP contribution in [0.15, 0.2) is 31.0 Å². The number of aromatic nitrogens is 4. The Bertz CT molecular complexity index is 488. The van der Waals surface area contributed by atoms with Gasteiger partial charge >= 0.3 is 0 Å². The molecule has 3 heterocycles. The van der Waals surface area contributed by atoms with Crippen molar-refractivity contribution in [3.05, 3.63) is 31.0 Å². The molecule has 1 saturated heterocycles. The largest absolute Gasteiger partial charge is 0.336 e. The maximum absolute atomic E-state index is 4.41. The Balaban J connectivity index is 1.69. The van der Waals surface area contributed by atoms with Crippen LogP contribution in [0.1, 0.15) is 18.9 Å². The SMILES string of the molecule is c1cnc(Nc2cnn(C3CCNCC3)c2)cn1. The Morgan fingerprint density at radius 3 is 2.89 bits per heavy atom. The summed E-state index contributed by atoms with van der Waals surface area (Å²) in [7, 11) is 0. The highest BCUT2D eigenvalue weighted by Crippen LogP contribution is 2.20. The number of anilines is 2. The molecule has 0 radical (unpaired) electrons. The van der Waals surface area contributed by atoms with Crippen molar-refractivity contribution in [1.29, 1.82) is 0 Å². The number of hydrogen-bond donors (Lipinski definition) is 2. The molecule has 0 aromatic carbocycles. The van der Waals surface area contributed by atoms with Crippen LogP contribution in [0.3, 0.4) is 0 Å². The number of hydrogen-bond acceptors (Lipinski definition) is 5. The van der Waals surface area contributed by atoms with E-state index < -0.39 is 0 Å². The molecular formula is C12H16N6. The Hall–Kier alpha value is -1.95. The van der Waals surface area contributed by atoms with Gasteiger partial charge in [0.2, 0.25) is 0 Å². The first kappa shape index (κ1) is 11.2. The second-order valence-corrected chi connectivity index (χ2v) is 4.41. The lowest BCUT2D eigenvalue weighted by Crippen LogP contribution is -2.29. The highest BCUT2D eigenvalue weighted by atomic mass is 15.3.